The van der Waals surface area contributed by atoms with Gasteiger partial charge >= 0.3 is 12.1 Å². The molecule has 1 aliphatic carbocycles. The lowest BCUT2D eigenvalue weighted by atomic mass is 10.1. The molecule has 1 saturated carbocycles. The summed E-state index contributed by atoms with van der Waals surface area (Å²) >= 11 is 5.22. The third-order valence-electron chi connectivity index (χ3n) is 5.06. The number of halogens is 7. The summed E-state index contributed by atoms with van der Waals surface area (Å²) in [4.78, 5) is 12.3. The molecule has 0 amide bonds. The van der Waals surface area contributed by atoms with Gasteiger partial charge in [0.25, 0.3) is 0 Å². The molecule has 1 aliphatic rings. The Morgan fingerprint density at radius 1 is 1.20 bits per heavy atom. The fraction of sp³-hybridized carbons (Fsp3) is 0.450. The van der Waals surface area contributed by atoms with E-state index in [9.17, 15) is 31.1 Å². The Kier molecular flexibility index (Phi) is 6.72. The van der Waals surface area contributed by atoms with E-state index in [1.807, 2.05) is 5.92 Å². The van der Waals surface area contributed by atoms with Crippen molar-refractivity contribution in [2.24, 2.45) is 17.3 Å². The highest BCUT2D eigenvalue weighted by atomic mass is 35.5. The van der Waals surface area contributed by atoms with Crippen LogP contribution in [0.2, 0.25) is 0 Å². The molecule has 0 bridgehead atoms. The first kappa shape index (κ1) is 23.9. The summed E-state index contributed by atoms with van der Waals surface area (Å²) in [6.45, 7) is 2.15. The van der Waals surface area contributed by atoms with Gasteiger partial charge in [0.2, 0.25) is 0 Å². The summed E-state index contributed by atoms with van der Waals surface area (Å²) in [5.74, 6) is -5.81. The molecule has 0 aliphatic heterocycles. The number of rotatable bonds is 6. The van der Waals surface area contributed by atoms with Crippen molar-refractivity contribution in [2.75, 3.05) is 7.11 Å². The molecule has 3 nitrogen and oxygen atoms in total. The van der Waals surface area contributed by atoms with E-state index in [1.54, 1.807) is 0 Å². The van der Waals surface area contributed by atoms with Crippen molar-refractivity contribution in [1.82, 2.24) is 0 Å². The van der Waals surface area contributed by atoms with E-state index in [-0.39, 0.29) is 0 Å². The van der Waals surface area contributed by atoms with E-state index in [0.29, 0.717) is 6.08 Å². The van der Waals surface area contributed by atoms with Gasteiger partial charge in [-0.2, -0.15) is 13.2 Å². The zero-order chi connectivity index (χ0) is 23.0. The molecule has 30 heavy (non-hydrogen) atoms. The normalized spacial score (nSPS) is 20.5. The lowest BCUT2D eigenvalue weighted by molar-refractivity contribution is -0.147. The molecule has 10 heteroatoms. The van der Waals surface area contributed by atoms with Crippen molar-refractivity contribution in [3.05, 3.63) is 39.7 Å². The zero-order valence-corrected chi connectivity index (χ0v) is 16.9. The van der Waals surface area contributed by atoms with Crippen LogP contribution >= 0.6 is 11.6 Å². The highest BCUT2D eigenvalue weighted by Gasteiger charge is 2.62. The number of terminal acetylenes is 1. The largest absolute Gasteiger partial charge is 0.493 e. The molecule has 0 radical (unpaired) electrons. The van der Waals surface area contributed by atoms with Crippen molar-refractivity contribution in [3.8, 4) is 18.1 Å². The van der Waals surface area contributed by atoms with E-state index < -0.39 is 81.8 Å². The van der Waals surface area contributed by atoms with E-state index in [2.05, 4.69) is 0 Å². The molecule has 1 aromatic carbocycles. The Bertz CT molecular complexity index is 930. The number of carbonyl (C=O) groups excluding carboxylic acids is 1. The van der Waals surface area contributed by atoms with Crippen LogP contribution in [-0.2, 0) is 22.6 Å². The van der Waals surface area contributed by atoms with E-state index in [1.165, 1.54) is 13.8 Å². The van der Waals surface area contributed by atoms with Crippen LogP contribution in [0.4, 0.5) is 26.3 Å². The smallest absolute Gasteiger partial charge is 0.426 e. The first-order valence-corrected chi connectivity index (χ1v) is 8.93. The lowest BCUT2D eigenvalue weighted by Crippen LogP contribution is -2.14. The number of esters is 1. The van der Waals surface area contributed by atoms with Crippen molar-refractivity contribution < 1.29 is 40.6 Å². The van der Waals surface area contributed by atoms with Gasteiger partial charge in [-0.3, -0.25) is 4.79 Å². The number of benzene rings is 1. The van der Waals surface area contributed by atoms with Crippen LogP contribution in [-0.4, -0.2) is 19.3 Å². The predicted molar refractivity (Wildman–Crippen MR) is 96.0 cm³/mol. The molecule has 0 aromatic heterocycles. The molecule has 0 spiro atoms. The minimum absolute atomic E-state index is 0.532. The van der Waals surface area contributed by atoms with Gasteiger partial charge in [-0.1, -0.05) is 31.5 Å². The van der Waals surface area contributed by atoms with E-state index in [4.69, 9.17) is 27.5 Å². The van der Waals surface area contributed by atoms with Gasteiger partial charge in [0.15, 0.2) is 23.2 Å². The Morgan fingerprint density at radius 3 is 2.27 bits per heavy atom. The Labute approximate surface area is 174 Å². The second-order valence-corrected chi connectivity index (χ2v) is 7.67. The summed E-state index contributed by atoms with van der Waals surface area (Å²) in [6.07, 6.45) is 0.431. The summed E-state index contributed by atoms with van der Waals surface area (Å²) < 4.78 is 90.5. The third kappa shape index (κ3) is 4.38. The average Bonchev–Trinajstić information content (AvgIpc) is 3.19. The molecular formula is C20H17ClF6O3. The van der Waals surface area contributed by atoms with Gasteiger partial charge in [0, 0.05) is 12.0 Å². The summed E-state index contributed by atoms with van der Waals surface area (Å²) in [6, 6.07) is 0. The van der Waals surface area contributed by atoms with E-state index in [0.717, 1.165) is 7.11 Å². The number of methoxy groups -OCH3 is 1. The molecule has 2 atom stereocenters. The number of hydrogen-bond acceptors (Lipinski definition) is 3. The molecule has 2 rings (SSSR count). The number of allylic oxidation sites excluding steroid dienone is 2. The fourth-order valence-corrected chi connectivity index (χ4v) is 3.39. The molecule has 0 unspecified atom stereocenters. The standard InChI is InChI=1S/C20H17ClF6O3/c1-5-6-9-14(22)15(23)10(17(29-4)16(9)24)8-30-18(28)13-11(19(13,2)3)7-12(21)20(25,26)27/h1,7,11,13H,6,8H2,2-4H3/t11-,13+/m1/s1. The molecule has 164 valence electrons. The number of ether oxygens (including phenoxy) is 2. The van der Waals surface area contributed by atoms with Gasteiger partial charge in [-0.05, 0) is 11.3 Å². The van der Waals surface area contributed by atoms with Crippen LogP contribution in [0.15, 0.2) is 11.1 Å². The maximum Gasteiger partial charge on any atom is 0.426 e. The van der Waals surface area contributed by atoms with Gasteiger partial charge in [0.05, 0.1) is 18.6 Å². The monoisotopic (exact) mass is 454 g/mol. The topological polar surface area (TPSA) is 35.5 Å². The van der Waals surface area contributed by atoms with Gasteiger partial charge < -0.3 is 9.47 Å². The van der Waals surface area contributed by atoms with Gasteiger partial charge in [0.1, 0.15) is 11.6 Å². The molecular weight excluding hydrogens is 438 g/mol. The quantitative estimate of drug-likeness (QED) is 0.254. The highest BCUT2D eigenvalue weighted by molar-refractivity contribution is 6.30. The summed E-state index contributed by atoms with van der Waals surface area (Å²) in [5, 5.41) is -1.38. The number of hydrogen-bond donors (Lipinski definition) is 0. The average molecular weight is 455 g/mol. The van der Waals surface area contributed by atoms with Crippen LogP contribution in [0.25, 0.3) is 0 Å². The van der Waals surface area contributed by atoms with Gasteiger partial charge in [-0.25, -0.2) is 13.2 Å². The molecule has 1 aromatic rings. The van der Waals surface area contributed by atoms with Crippen LogP contribution in [0, 0.1) is 47.0 Å². The number of alkyl halides is 3. The van der Waals surface area contributed by atoms with Crippen LogP contribution in [0.3, 0.4) is 0 Å². The maximum atomic E-state index is 14.4. The summed E-state index contributed by atoms with van der Waals surface area (Å²) in [5.41, 5.74) is -2.31. The Morgan fingerprint density at radius 2 is 1.77 bits per heavy atom. The minimum atomic E-state index is -4.76. The van der Waals surface area contributed by atoms with Crippen LogP contribution in [0.1, 0.15) is 25.0 Å². The Hall–Kier alpha value is -2.34. The van der Waals surface area contributed by atoms with Crippen LogP contribution in [0.5, 0.6) is 5.75 Å². The van der Waals surface area contributed by atoms with Crippen molar-refractivity contribution in [1.29, 1.82) is 0 Å². The Balaban J connectivity index is 2.24. The van der Waals surface area contributed by atoms with Crippen molar-refractivity contribution >= 4 is 17.6 Å². The SMILES string of the molecule is C#CCc1c(F)c(F)c(COC(=O)[C@@H]2[C@@H](C=C(Cl)C(F)(F)F)C2(C)C)c(OC)c1F. The molecule has 0 N–H and O–H groups in total. The van der Waals surface area contributed by atoms with Crippen LogP contribution < -0.4 is 4.74 Å². The summed E-state index contributed by atoms with van der Waals surface area (Å²) in [7, 11) is 1.00. The van der Waals surface area contributed by atoms with E-state index >= 15 is 0 Å². The van der Waals surface area contributed by atoms with Crippen molar-refractivity contribution in [2.45, 2.75) is 33.1 Å². The molecule has 0 heterocycles. The first-order chi connectivity index (χ1) is 13.8. The first-order valence-electron chi connectivity index (χ1n) is 8.55. The van der Waals surface area contributed by atoms with Crippen molar-refractivity contribution in [3.63, 3.8) is 0 Å². The zero-order valence-electron chi connectivity index (χ0n) is 16.1. The highest BCUT2D eigenvalue weighted by Crippen LogP contribution is 2.60. The molecule has 1 fully saturated rings. The number of carbonyl (C=O) groups is 1. The minimum Gasteiger partial charge on any atom is -0.493 e. The second kappa shape index (κ2) is 8.42. The third-order valence-corrected chi connectivity index (χ3v) is 5.40. The molecule has 0 saturated heterocycles. The lowest BCUT2D eigenvalue weighted by Gasteiger charge is -2.15. The van der Waals surface area contributed by atoms with Gasteiger partial charge in [-0.15, -0.1) is 12.3 Å². The predicted octanol–water partition coefficient (Wildman–Crippen LogP) is 5.29. The maximum absolute atomic E-state index is 14.4. The second-order valence-electron chi connectivity index (χ2n) is 7.26. The fourth-order valence-electron chi connectivity index (χ4n) is 3.25.